The van der Waals surface area contributed by atoms with Crippen LogP contribution in [0.3, 0.4) is 0 Å². The van der Waals surface area contributed by atoms with E-state index in [4.69, 9.17) is 0 Å². The second-order valence-corrected chi connectivity index (χ2v) is 5.36. The molecule has 26 heavy (non-hydrogen) atoms. The average molecular weight is 358 g/mol. The van der Waals surface area contributed by atoms with Crippen LogP contribution in [-0.2, 0) is 0 Å². The highest BCUT2D eigenvalue weighted by Crippen LogP contribution is 2.21. The van der Waals surface area contributed by atoms with E-state index in [1.807, 2.05) is 0 Å². The summed E-state index contributed by atoms with van der Waals surface area (Å²) in [5, 5.41) is 33.1. The van der Waals surface area contributed by atoms with E-state index in [9.17, 15) is 29.8 Å². The third-order valence-electron chi connectivity index (χ3n) is 3.66. The summed E-state index contributed by atoms with van der Waals surface area (Å²) >= 11 is 0. The molecule has 0 saturated heterocycles. The van der Waals surface area contributed by atoms with Gasteiger partial charge in [-0.15, -0.1) is 0 Å². The molecule has 0 unspecified atom stereocenters. The lowest BCUT2D eigenvalue weighted by Crippen LogP contribution is -2.32. The van der Waals surface area contributed by atoms with Crippen LogP contribution in [0.4, 0.5) is 10.1 Å². The summed E-state index contributed by atoms with van der Waals surface area (Å²) in [5.74, 6) is -0.666. The first-order valence-electron chi connectivity index (χ1n) is 7.30. The zero-order valence-electron chi connectivity index (χ0n) is 13.1. The van der Waals surface area contributed by atoms with Crippen LogP contribution in [0.1, 0.15) is 5.56 Å². The minimum absolute atomic E-state index is 0.0192. The number of nitro groups is 2. The predicted octanol–water partition coefficient (Wildman–Crippen LogP) is 1.33. The van der Waals surface area contributed by atoms with Gasteiger partial charge >= 0.3 is 0 Å². The van der Waals surface area contributed by atoms with Crippen LogP contribution >= 0.6 is 0 Å². The monoisotopic (exact) mass is 358 g/mol. The number of benzene rings is 2. The topological polar surface area (TPSA) is 122 Å². The van der Waals surface area contributed by atoms with E-state index in [1.54, 1.807) is 0 Å². The zero-order valence-corrected chi connectivity index (χ0v) is 13.1. The lowest BCUT2D eigenvalue weighted by atomic mass is 10.1. The maximum atomic E-state index is 14.3. The van der Waals surface area contributed by atoms with Crippen LogP contribution in [-0.4, -0.2) is 26.7 Å². The number of nitro benzene ring substituents is 1. The number of fused-ring (bicyclic) bond motifs is 1. The van der Waals surface area contributed by atoms with Crippen molar-refractivity contribution in [2.24, 2.45) is 4.99 Å². The van der Waals surface area contributed by atoms with Gasteiger partial charge in [-0.1, -0.05) is 12.1 Å². The van der Waals surface area contributed by atoms with Crippen molar-refractivity contribution in [3.8, 4) is 0 Å². The first kappa shape index (κ1) is 17.2. The molecular weight excluding hydrogens is 347 g/mol. The maximum Gasteiger partial charge on any atom is 0.270 e. The van der Waals surface area contributed by atoms with Crippen LogP contribution < -0.4 is 10.6 Å². The van der Waals surface area contributed by atoms with Crippen LogP contribution in [0, 0.1) is 26.0 Å². The van der Waals surface area contributed by atoms with E-state index in [1.165, 1.54) is 36.4 Å². The van der Waals surface area contributed by atoms with E-state index in [-0.39, 0.29) is 33.2 Å². The normalized spacial score (nSPS) is 15.2. The molecule has 1 aliphatic rings. The van der Waals surface area contributed by atoms with Crippen molar-refractivity contribution in [1.82, 2.24) is 5.06 Å². The molecule has 9 nitrogen and oxygen atoms in total. The molecule has 3 rings (SSSR count). The first-order chi connectivity index (χ1) is 12.4. The van der Waals surface area contributed by atoms with Crippen LogP contribution in [0.2, 0.25) is 0 Å². The van der Waals surface area contributed by atoms with Gasteiger partial charge in [0, 0.05) is 22.9 Å². The number of non-ortho nitro benzene ring substituents is 1. The van der Waals surface area contributed by atoms with Crippen molar-refractivity contribution in [3.63, 3.8) is 0 Å². The van der Waals surface area contributed by atoms with Crippen LogP contribution in [0.15, 0.2) is 59.4 Å². The highest BCUT2D eigenvalue weighted by Gasteiger charge is 2.22. The molecule has 0 amide bonds. The number of rotatable bonds is 3. The zero-order chi connectivity index (χ0) is 18.8. The fraction of sp³-hybridized carbons (Fsp3) is 0.0625. The molecule has 0 spiro atoms. The molecule has 2 aromatic rings. The maximum absolute atomic E-state index is 14.3. The molecule has 0 atom stereocenters. The molecule has 1 N–H and O–H groups in total. The number of hydroxylamine groups is 2. The average Bonchev–Trinajstić information content (AvgIpc) is 2.69. The number of nitrogens with zero attached hydrogens (tertiary/aromatic N) is 4. The smallest absolute Gasteiger partial charge is 0.270 e. The Bertz CT molecular complexity index is 1070. The molecule has 2 aromatic carbocycles. The lowest BCUT2D eigenvalue weighted by Gasteiger charge is -2.19. The van der Waals surface area contributed by atoms with E-state index in [0.717, 1.165) is 6.07 Å². The molecule has 0 saturated carbocycles. The highest BCUT2D eigenvalue weighted by atomic mass is 19.1. The van der Waals surface area contributed by atoms with E-state index < -0.39 is 22.2 Å². The number of hydrogen-bond donors (Lipinski definition) is 1. The van der Waals surface area contributed by atoms with Gasteiger partial charge in [-0.05, 0) is 18.2 Å². The van der Waals surface area contributed by atoms with Crippen molar-refractivity contribution < 1.29 is 19.4 Å². The molecule has 132 valence electrons. The minimum Gasteiger partial charge on any atom is -0.288 e. The molecule has 0 aromatic heterocycles. The molecule has 1 aliphatic heterocycles. The summed E-state index contributed by atoms with van der Waals surface area (Å²) in [6.45, 7) is -0.396. The van der Waals surface area contributed by atoms with Crippen LogP contribution in [0.25, 0.3) is 5.70 Å². The van der Waals surface area contributed by atoms with Gasteiger partial charge in [0.2, 0.25) is 0 Å². The Hall–Kier alpha value is -3.66. The van der Waals surface area contributed by atoms with Gasteiger partial charge in [-0.2, -0.15) is 0 Å². The summed E-state index contributed by atoms with van der Waals surface area (Å²) in [7, 11) is 0. The molecular formula is C16H11FN4O5. The highest BCUT2D eigenvalue weighted by molar-refractivity contribution is 5.65. The van der Waals surface area contributed by atoms with E-state index in [2.05, 4.69) is 4.99 Å². The molecule has 10 heteroatoms. The summed E-state index contributed by atoms with van der Waals surface area (Å²) < 4.78 is 14.3. The summed E-state index contributed by atoms with van der Waals surface area (Å²) in [6, 6.07) is 9.15. The van der Waals surface area contributed by atoms with Gasteiger partial charge in [-0.3, -0.25) is 25.4 Å². The standard InChI is InChI=1S/C16H11FN4O5/c17-14-4-2-1-3-12(14)16-13-7-11(21(25)26)5-6-15(13)18-10(8-19(16)22)9-20(23)24/h1-7,9,22H,8H2/b10-9+. The van der Waals surface area contributed by atoms with E-state index in [0.29, 0.717) is 11.3 Å². The Balaban J connectivity index is 2.43. The lowest BCUT2D eigenvalue weighted by molar-refractivity contribution is -0.403. The van der Waals surface area contributed by atoms with Crippen molar-refractivity contribution in [2.75, 3.05) is 6.54 Å². The quantitative estimate of drug-likeness (QED) is 0.652. The SMILES string of the molecule is O=[N+]([O-])/C=C1\CN(O)C(c2ccccc2F)=c2cc([N+](=O)[O-])ccc2=N1. The minimum atomic E-state index is -0.730. The van der Waals surface area contributed by atoms with Crippen LogP contribution in [0.5, 0.6) is 0 Å². The summed E-state index contributed by atoms with van der Waals surface area (Å²) in [5.41, 5.74) is -0.478. The number of hydrogen-bond acceptors (Lipinski definition) is 7. The third-order valence-corrected chi connectivity index (χ3v) is 3.66. The predicted molar refractivity (Wildman–Crippen MR) is 86.4 cm³/mol. The largest absolute Gasteiger partial charge is 0.288 e. The molecule has 0 radical (unpaired) electrons. The Labute approximate surface area is 144 Å². The second kappa shape index (κ2) is 6.69. The molecule has 0 bridgehead atoms. The van der Waals surface area contributed by atoms with Gasteiger partial charge < -0.3 is 0 Å². The van der Waals surface area contributed by atoms with Gasteiger partial charge in [0.05, 0.1) is 27.4 Å². The van der Waals surface area contributed by atoms with E-state index >= 15 is 0 Å². The molecule has 1 heterocycles. The summed E-state index contributed by atoms with van der Waals surface area (Å²) in [6.07, 6.45) is 0.610. The Morgan fingerprint density at radius 3 is 2.58 bits per heavy atom. The fourth-order valence-electron chi connectivity index (χ4n) is 2.62. The van der Waals surface area contributed by atoms with Crippen molar-refractivity contribution in [2.45, 2.75) is 0 Å². The second-order valence-electron chi connectivity index (χ2n) is 5.36. The Morgan fingerprint density at radius 2 is 1.92 bits per heavy atom. The van der Waals surface area contributed by atoms with Gasteiger partial charge in [0.1, 0.15) is 11.5 Å². The van der Waals surface area contributed by atoms with Crippen molar-refractivity contribution in [1.29, 1.82) is 0 Å². The summed E-state index contributed by atoms with van der Waals surface area (Å²) in [4.78, 5) is 24.6. The fourth-order valence-corrected chi connectivity index (χ4v) is 2.62. The van der Waals surface area contributed by atoms with Crippen molar-refractivity contribution >= 4 is 11.4 Å². The van der Waals surface area contributed by atoms with Gasteiger partial charge in [0.15, 0.2) is 0 Å². The Kier molecular flexibility index (Phi) is 4.42. The molecule has 0 fully saturated rings. The van der Waals surface area contributed by atoms with Gasteiger partial charge in [0.25, 0.3) is 11.9 Å². The Morgan fingerprint density at radius 1 is 1.19 bits per heavy atom. The first-order valence-corrected chi connectivity index (χ1v) is 7.30. The molecule has 0 aliphatic carbocycles. The third kappa shape index (κ3) is 3.26. The van der Waals surface area contributed by atoms with Gasteiger partial charge in [-0.25, -0.2) is 14.4 Å². The number of halogens is 1. The van der Waals surface area contributed by atoms with Crippen molar-refractivity contribution in [3.05, 3.63) is 96.5 Å².